The number of carbonyl (C=O) groups is 1. The van der Waals surface area contributed by atoms with Crippen LogP contribution in [0.1, 0.15) is 40.2 Å². The van der Waals surface area contributed by atoms with E-state index in [2.05, 4.69) is 16.4 Å². The predicted molar refractivity (Wildman–Crippen MR) is 73.7 cm³/mol. The van der Waals surface area contributed by atoms with Gasteiger partial charge in [0.1, 0.15) is 0 Å². The zero-order valence-electron chi connectivity index (χ0n) is 11.4. The van der Waals surface area contributed by atoms with Crippen LogP contribution in [-0.4, -0.2) is 26.1 Å². The summed E-state index contributed by atoms with van der Waals surface area (Å²) in [4.78, 5) is 11.3. The maximum absolute atomic E-state index is 11.3. The lowest BCUT2D eigenvalue weighted by atomic mass is 10.1. The summed E-state index contributed by atoms with van der Waals surface area (Å²) in [6, 6.07) is 8.09. The van der Waals surface area contributed by atoms with Gasteiger partial charge in [-0.3, -0.25) is 0 Å². The van der Waals surface area contributed by atoms with Gasteiger partial charge in [-0.05, 0) is 31.2 Å². The summed E-state index contributed by atoms with van der Waals surface area (Å²) in [5, 5.41) is 17.1. The second-order valence-electron chi connectivity index (χ2n) is 5.48. The van der Waals surface area contributed by atoms with Crippen LogP contribution in [0.15, 0.2) is 24.3 Å². The van der Waals surface area contributed by atoms with E-state index in [4.69, 9.17) is 0 Å². The monoisotopic (exact) mass is 271 g/mol. The highest BCUT2D eigenvalue weighted by Gasteiger charge is 2.26. The molecule has 0 bridgehead atoms. The molecule has 3 rings (SSSR count). The Morgan fingerprint density at radius 3 is 2.90 bits per heavy atom. The maximum Gasteiger partial charge on any atom is 0.358 e. The van der Waals surface area contributed by atoms with Crippen LogP contribution in [0.5, 0.6) is 0 Å². The topological polar surface area (TPSA) is 68.0 Å². The molecule has 104 valence electrons. The lowest BCUT2D eigenvalue weighted by molar-refractivity contribution is 0.0689. The van der Waals surface area contributed by atoms with Crippen LogP contribution in [-0.2, 0) is 13.0 Å². The zero-order chi connectivity index (χ0) is 14.1. The van der Waals surface area contributed by atoms with Crippen molar-refractivity contribution in [1.82, 2.24) is 15.0 Å². The Balaban J connectivity index is 1.92. The van der Waals surface area contributed by atoms with E-state index >= 15 is 0 Å². The van der Waals surface area contributed by atoms with Crippen molar-refractivity contribution < 1.29 is 9.90 Å². The van der Waals surface area contributed by atoms with Crippen LogP contribution < -0.4 is 0 Å². The van der Waals surface area contributed by atoms with E-state index in [0.717, 1.165) is 12.1 Å². The molecule has 1 aliphatic carbocycles. The van der Waals surface area contributed by atoms with E-state index in [0.29, 0.717) is 18.0 Å². The van der Waals surface area contributed by atoms with Crippen molar-refractivity contribution in [2.45, 2.75) is 32.7 Å². The van der Waals surface area contributed by atoms with Gasteiger partial charge in [0, 0.05) is 13.0 Å². The van der Waals surface area contributed by atoms with Crippen molar-refractivity contribution >= 4 is 5.97 Å². The Morgan fingerprint density at radius 1 is 1.45 bits per heavy atom. The largest absolute Gasteiger partial charge is 0.476 e. The molecule has 1 heterocycles. The number of aryl methyl sites for hydroxylation is 1. The van der Waals surface area contributed by atoms with Crippen LogP contribution in [0, 0.1) is 12.8 Å². The predicted octanol–water partition coefficient (Wildman–Crippen LogP) is 2.29. The molecule has 1 fully saturated rings. The van der Waals surface area contributed by atoms with E-state index in [1.165, 1.54) is 18.4 Å². The molecular weight excluding hydrogens is 254 g/mol. The highest BCUT2D eigenvalue weighted by Crippen LogP contribution is 2.31. The van der Waals surface area contributed by atoms with Gasteiger partial charge in [-0.2, -0.15) is 0 Å². The summed E-state index contributed by atoms with van der Waals surface area (Å²) in [7, 11) is 0. The van der Waals surface area contributed by atoms with Gasteiger partial charge >= 0.3 is 5.97 Å². The van der Waals surface area contributed by atoms with Gasteiger partial charge in [-0.1, -0.05) is 35.0 Å². The van der Waals surface area contributed by atoms with Crippen molar-refractivity contribution in [1.29, 1.82) is 0 Å². The molecule has 5 heteroatoms. The first kappa shape index (κ1) is 12.8. The molecule has 0 amide bonds. The third-order valence-electron chi connectivity index (χ3n) is 3.62. The van der Waals surface area contributed by atoms with Gasteiger partial charge in [0.25, 0.3) is 0 Å². The zero-order valence-corrected chi connectivity index (χ0v) is 11.4. The molecule has 20 heavy (non-hydrogen) atoms. The summed E-state index contributed by atoms with van der Waals surface area (Å²) >= 11 is 0. The van der Waals surface area contributed by atoms with Gasteiger partial charge in [0.15, 0.2) is 5.69 Å². The molecule has 0 unspecified atom stereocenters. The summed E-state index contributed by atoms with van der Waals surface area (Å²) in [5.41, 5.74) is 3.04. The fourth-order valence-corrected chi connectivity index (χ4v) is 2.38. The summed E-state index contributed by atoms with van der Waals surface area (Å²) in [5.74, 6) is -0.371. The number of aromatic carboxylic acids is 1. The average Bonchev–Trinajstić information content (AvgIpc) is 3.12. The van der Waals surface area contributed by atoms with E-state index in [-0.39, 0.29) is 5.69 Å². The smallest absolute Gasteiger partial charge is 0.358 e. The third kappa shape index (κ3) is 2.71. The number of hydrogen-bond acceptors (Lipinski definition) is 3. The molecule has 0 spiro atoms. The Hall–Kier alpha value is -2.17. The number of aromatic nitrogens is 3. The minimum atomic E-state index is -1.00. The fourth-order valence-electron chi connectivity index (χ4n) is 2.38. The summed E-state index contributed by atoms with van der Waals surface area (Å²) < 4.78 is 1.77. The molecule has 0 saturated heterocycles. The highest BCUT2D eigenvalue weighted by molar-refractivity contribution is 5.86. The molecule has 0 aliphatic heterocycles. The number of carboxylic acid groups (broad SMARTS) is 1. The minimum Gasteiger partial charge on any atom is -0.476 e. The standard InChI is InChI=1S/C15H17N3O2/c1-10-3-2-4-12(7-10)8-13-14(15(19)20)16-17-18(13)9-11-5-6-11/h2-4,7,11H,5-6,8-9H2,1H3,(H,19,20). The second kappa shape index (κ2) is 5.07. The normalized spacial score (nSPS) is 14.4. The molecule has 2 aromatic rings. The molecule has 1 N–H and O–H groups in total. The molecule has 1 saturated carbocycles. The van der Waals surface area contributed by atoms with E-state index in [9.17, 15) is 9.90 Å². The van der Waals surface area contributed by atoms with E-state index in [1.54, 1.807) is 4.68 Å². The molecule has 0 atom stereocenters. The lowest BCUT2D eigenvalue weighted by Gasteiger charge is -2.07. The molecule has 5 nitrogen and oxygen atoms in total. The number of nitrogens with zero attached hydrogens (tertiary/aromatic N) is 3. The number of benzene rings is 1. The molecule has 0 radical (unpaired) electrons. The van der Waals surface area contributed by atoms with Gasteiger partial charge in [-0.25, -0.2) is 9.48 Å². The molecule has 1 aromatic heterocycles. The van der Waals surface area contributed by atoms with Gasteiger partial charge in [-0.15, -0.1) is 5.10 Å². The number of hydrogen-bond donors (Lipinski definition) is 1. The van der Waals surface area contributed by atoms with Gasteiger partial charge < -0.3 is 5.11 Å². The van der Waals surface area contributed by atoms with Gasteiger partial charge in [0.05, 0.1) is 5.69 Å². The Morgan fingerprint density at radius 2 is 2.25 bits per heavy atom. The summed E-state index contributed by atoms with van der Waals surface area (Å²) in [6.45, 7) is 2.81. The second-order valence-corrected chi connectivity index (χ2v) is 5.48. The van der Waals surface area contributed by atoms with Crippen LogP contribution >= 0.6 is 0 Å². The van der Waals surface area contributed by atoms with Crippen molar-refractivity contribution in [2.24, 2.45) is 5.92 Å². The SMILES string of the molecule is Cc1cccc(Cc2c(C(=O)O)nnn2CC2CC2)c1. The highest BCUT2D eigenvalue weighted by atomic mass is 16.4. The minimum absolute atomic E-state index is 0.0761. The lowest BCUT2D eigenvalue weighted by Crippen LogP contribution is -2.10. The van der Waals surface area contributed by atoms with Gasteiger partial charge in [0.2, 0.25) is 0 Å². The molecule has 1 aliphatic rings. The quantitative estimate of drug-likeness (QED) is 0.906. The first-order chi connectivity index (χ1) is 9.63. The van der Waals surface area contributed by atoms with Crippen LogP contribution in [0.2, 0.25) is 0 Å². The van der Waals surface area contributed by atoms with Crippen molar-refractivity contribution in [3.63, 3.8) is 0 Å². The molecular formula is C15H17N3O2. The Kier molecular flexibility index (Phi) is 3.26. The Labute approximate surface area is 117 Å². The van der Waals surface area contributed by atoms with E-state index < -0.39 is 5.97 Å². The summed E-state index contributed by atoms with van der Waals surface area (Å²) in [6.07, 6.45) is 2.96. The van der Waals surface area contributed by atoms with E-state index in [1.807, 2.05) is 25.1 Å². The third-order valence-corrected chi connectivity index (χ3v) is 3.62. The van der Waals surface area contributed by atoms with Crippen LogP contribution in [0.25, 0.3) is 0 Å². The van der Waals surface area contributed by atoms with Crippen molar-refractivity contribution in [3.8, 4) is 0 Å². The fraction of sp³-hybridized carbons (Fsp3) is 0.400. The number of rotatable bonds is 5. The van der Waals surface area contributed by atoms with Crippen molar-refractivity contribution in [3.05, 3.63) is 46.8 Å². The number of carboxylic acids is 1. The Bertz CT molecular complexity index is 644. The first-order valence-electron chi connectivity index (χ1n) is 6.84. The van der Waals surface area contributed by atoms with Crippen LogP contribution in [0.4, 0.5) is 0 Å². The molecule has 1 aromatic carbocycles. The maximum atomic E-state index is 11.3. The van der Waals surface area contributed by atoms with Crippen molar-refractivity contribution in [2.75, 3.05) is 0 Å². The first-order valence-corrected chi connectivity index (χ1v) is 6.84. The average molecular weight is 271 g/mol. The van der Waals surface area contributed by atoms with Crippen LogP contribution in [0.3, 0.4) is 0 Å².